The van der Waals surface area contributed by atoms with Gasteiger partial charge in [-0.2, -0.15) is 0 Å². The third kappa shape index (κ3) is 5.30. The second-order valence-electron chi connectivity index (χ2n) is 6.59. The number of nitrogens with zero attached hydrogens (tertiary/aromatic N) is 2. The first-order valence-corrected chi connectivity index (χ1v) is 9.00. The van der Waals surface area contributed by atoms with E-state index in [0.29, 0.717) is 17.1 Å². The average Bonchev–Trinajstić information content (AvgIpc) is 2.62. The summed E-state index contributed by atoms with van der Waals surface area (Å²) in [7, 11) is 2.17. The topological polar surface area (TPSA) is 35.6 Å². The van der Waals surface area contributed by atoms with Gasteiger partial charge in [-0.05, 0) is 36.4 Å². The van der Waals surface area contributed by atoms with Crippen LogP contribution in [0.1, 0.15) is 21.5 Å². The Hall–Kier alpha value is -1.88. The summed E-state index contributed by atoms with van der Waals surface area (Å²) in [5.41, 5.74) is 2.99. The maximum absolute atomic E-state index is 12.2. The number of likely N-dealkylation sites (N-methyl/N-ethyl adjacent to an activating group) is 1. The molecule has 2 aromatic carbocycles. The van der Waals surface area contributed by atoms with E-state index >= 15 is 0 Å². The zero-order valence-corrected chi connectivity index (χ0v) is 15.3. The summed E-state index contributed by atoms with van der Waals surface area (Å²) in [6.07, 6.45) is 0. The molecule has 1 saturated heterocycles. The highest BCUT2D eigenvalue weighted by molar-refractivity contribution is 6.30. The minimum atomic E-state index is -0.105. The SMILES string of the molecule is CN1CCN(Cc2cccc(CNC(=O)c3cccc(Cl)c3)c2)CC1. The van der Waals surface area contributed by atoms with E-state index in [1.807, 2.05) is 6.07 Å². The van der Waals surface area contributed by atoms with Crippen molar-refractivity contribution in [3.63, 3.8) is 0 Å². The molecule has 4 nitrogen and oxygen atoms in total. The number of hydrogen-bond donors (Lipinski definition) is 1. The minimum absolute atomic E-state index is 0.105. The predicted octanol–water partition coefficient (Wildman–Crippen LogP) is 3.02. The molecule has 132 valence electrons. The monoisotopic (exact) mass is 357 g/mol. The molecular formula is C20H24ClN3O. The van der Waals surface area contributed by atoms with E-state index in [4.69, 9.17) is 11.6 Å². The number of carbonyl (C=O) groups excluding carboxylic acids is 1. The van der Waals surface area contributed by atoms with Crippen molar-refractivity contribution in [2.24, 2.45) is 0 Å². The Bertz CT molecular complexity index is 726. The second-order valence-corrected chi connectivity index (χ2v) is 7.03. The molecule has 0 radical (unpaired) electrons. The van der Waals surface area contributed by atoms with Crippen LogP contribution in [0, 0.1) is 0 Å². The van der Waals surface area contributed by atoms with Gasteiger partial charge in [0.25, 0.3) is 5.91 Å². The van der Waals surface area contributed by atoms with E-state index in [-0.39, 0.29) is 5.91 Å². The van der Waals surface area contributed by atoms with E-state index < -0.39 is 0 Å². The number of benzene rings is 2. The molecule has 1 fully saturated rings. The fraction of sp³-hybridized carbons (Fsp3) is 0.350. The van der Waals surface area contributed by atoms with Gasteiger partial charge in [-0.15, -0.1) is 0 Å². The highest BCUT2D eigenvalue weighted by Gasteiger charge is 2.14. The Morgan fingerprint density at radius 2 is 1.76 bits per heavy atom. The first-order valence-electron chi connectivity index (χ1n) is 8.62. The molecule has 1 aliphatic heterocycles. The number of piperazine rings is 1. The summed E-state index contributed by atoms with van der Waals surface area (Å²) in [4.78, 5) is 17.1. The van der Waals surface area contributed by atoms with Gasteiger partial charge in [-0.3, -0.25) is 9.69 Å². The van der Waals surface area contributed by atoms with Crippen LogP contribution in [-0.4, -0.2) is 48.9 Å². The van der Waals surface area contributed by atoms with Crippen LogP contribution in [0.5, 0.6) is 0 Å². The molecule has 3 rings (SSSR count). The van der Waals surface area contributed by atoms with Crippen LogP contribution in [0.15, 0.2) is 48.5 Å². The number of amides is 1. The van der Waals surface area contributed by atoms with Crippen molar-refractivity contribution < 1.29 is 4.79 Å². The number of halogens is 1. The van der Waals surface area contributed by atoms with Crippen LogP contribution < -0.4 is 5.32 Å². The zero-order valence-electron chi connectivity index (χ0n) is 14.5. The van der Waals surface area contributed by atoms with Crippen molar-refractivity contribution in [2.75, 3.05) is 33.2 Å². The van der Waals surface area contributed by atoms with Crippen molar-refractivity contribution in [3.8, 4) is 0 Å². The summed E-state index contributed by atoms with van der Waals surface area (Å²) in [6, 6.07) is 15.4. The lowest BCUT2D eigenvalue weighted by atomic mass is 10.1. The molecule has 0 bridgehead atoms. The van der Waals surface area contributed by atoms with Gasteiger partial charge in [-0.1, -0.05) is 41.9 Å². The summed E-state index contributed by atoms with van der Waals surface area (Å²) in [5, 5.41) is 3.53. The fourth-order valence-electron chi connectivity index (χ4n) is 3.02. The highest BCUT2D eigenvalue weighted by Crippen LogP contribution is 2.12. The Morgan fingerprint density at radius 1 is 1.04 bits per heavy atom. The number of carbonyl (C=O) groups is 1. The van der Waals surface area contributed by atoms with E-state index in [0.717, 1.165) is 38.3 Å². The van der Waals surface area contributed by atoms with Crippen LogP contribution in [0.25, 0.3) is 0 Å². The molecule has 1 amide bonds. The minimum Gasteiger partial charge on any atom is -0.348 e. The van der Waals surface area contributed by atoms with Gasteiger partial charge in [0.05, 0.1) is 0 Å². The van der Waals surface area contributed by atoms with Crippen LogP contribution in [0.3, 0.4) is 0 Å². The normalized spacial score (nSPS) is 15.9. The summed E-state index contributed by atoms with van der Waals surface area (Å²) < 4.78 is 0. The van der Waals surface area contributed by atoms with Gasteiger partial charge in [0, 0.05) is 49.9 Å². The maximum Gasteiger partial charge on any atom is 0.251 e. The quantitative estimate of drug-likeness (QED) is 0.893. The number of rotatable bonds is 5. The van der Waals surface area contributed by atoms with Crippen molar-refractivity contribution in [1.82, 2.24) is 15.1 Å². The first kappa shape index (κ1) is 17.9. The summed E-state index contributed by atoms with van der Waals surface area (Å²) in [6.45, 7) is 5.93. The molecule has 1 heterocycles. The standard InChI is InChI=1S/C20H24ClN3O/c1-23-8-10-24(11-9-23)15-17-5-2-4-16(12-17)14-22-20(25)18-6-3-7-19(21)13-18/h2-7,12-13H,8-11,14-15H2,1H3,(H,22,25). The summed E-state index contributed by atoms with van der Waals surface area (Å²) >= 11 is 5.94. The Morgan fingerprint density at radius 3 is 2.52 bits per heavy atom. The van der Waals surface area contributed by atoms with Gasteiger partial charge in [0.2, 0.25) is 0 Å². The summed E-state index contributed by atoms with van der Waals surface area (Å²) in [5.74, 6) is -0.105. The van der Waals surface area contributed by atoms with E-state index in [9.17, 15) is 4.79 Å². The molecule has 25 heavy (non-hydrogen) atoms. The molecule has 0 aromatic heterocycles. The lowest BCUT2D eigenvalue weighted by Gasteiger charge is -2.32. The number of nitrogens with one attached hydrogen (secondary N) is 1. The smallest absolute Gasteiger partial charge is 0.251 e. The number of hydrogen-bond acceptors (Lipinski definition) is 3. The van der Waals surface area contributed by atoms with Crippen LogP contribution in [-0.2, 0) is 13.1 Å². The first-order chi connectivity index (χ1) is 12.1. The van der Waals surface area contributed by atoms with Crippen LogP contribution in [0.2, 0.25) is 5.02 Å². The van der Waals surface area contributed by atoms with Crippen LogP contribution >= 0.6 is 11.6 Å². The van der Waals surface area contributed by atoms with Gasteiger partial charge >= 0.3 is 0 Å². The van der Waals surface area contributed by atoms with Crippen molar-refractivity contribution in [3.05, 3.63) is 70.2 Å². The van der Waals surface area contributed by atoms with Crippen molar-refractivity contribution in [2.45, 2.75) is 13.1 Å². The molecule has 0 unspecified atom stereocenters. The van der Waals surface area contributed by atoms with E-state index in [1.165, 1.54) is 5.56 Å². The molecule has 0 aliphatic carbocycles. The lowest BCUT2D eigenvalue weighted by Crippen LogP contribution is -2.43. The van der Waals surface area contributed by atoms with Gasteiger partial charge in [-0.25, -0.2) is 0 Å². The third-order valence-electron chi connectivity index (χ3n) is 4.53. The second kappa shape index (κ2) is 8.48. The van der Waals surface area contributed by atoms with Crippen molar-refractivity contribution >= 4 is 17.5 Å². The molecular weight excluding hydrogens is 334 g/mol. The highest BCUT2D eigenvalue weighted by atomic mass is 35.5. The van der Waals surface area contributed by atoms with Crippen LogP contribution in [0.4, 0.5) is 0 Å². The van der Waals surface area contributed by atoms with Gasteiger partial charge in [0.15, 0.2) is 0 Å². The molecule has 1 aliphatic rings. The Labute approximate surface area is 154 Å². The zero-order chi connectivity index (χ0) is 17.6. The Kier molecular flexibility index (Phi) is 6.08. The van der Waals surface area contributed by atoms with E-state index in [1.54, 1.807) is 24.3 Å². The average molecular weight is 358 g/mol. The van der Waals surface area contributed by atoms with Gasteiger partial charge < -0.3 is 10.2 Å². The lowest BCUT2D eigenvalue weighted by molar-refractivity contribution is 0.0951. The van der Waals surface area contributed by atoms with Crippen molar-refractivity contribution in [1.29, 1.82) is 0 Å². The molecule has 2 aromatic rings. The molecule has 1 N–H and O–H groups in total. The fourth-order valence-corrected chi connectivity index (χ4v) is 3.21. The maximum atomic E-state index is 12.2. The van der Waals surface area contributed by atoms with Gasteiger partial charge in [0.1, 0.15) is 0 Å². The third-order valence-corrected chi connectivity index (χ3v) is 4.77. The molecule has 5 heteroatoms. The molecule has 0 spiro atoms. The Balaban J connectivity index is 1.55. The molecule has 0 atom stereocenters. The van der Waals surface area contributed by atoms with E-state index in [2.05, 4.69) is 40.4 Å². The largest absolute Gasteiger partial charge is 0.348 e. The molecule has 0 saturated carbocycles. The predicted molar refractivity (Wildman–Crippen MR) is 102 cm³/mol.